The second kappa shape index (κ2) is 37.4. The minimum Gasteiger partial charge on any atom is -0.565 e. The van der Waals surface area contributed by atoms with E-state index < -0.39 is 17.5 Å². The summed E-state index contributed by atoms with van der Waals surface area (Å²) in [5.41, 5.74) is 15.5. The molecule has 3 heterocycles. The van der Waals surface area contributed by atoms with E-state index in [9.17, 15) is 24.6 Å². The normalized spacial score (nSPS) is 18.6. The number of phenols is 1. The number of aryl methyl sites for hydroxylation is 3. The van der Waals surface area contributed by atoms with Crippen LogP contribution in [-0.4, -0.2) is 149 Å². The fraction of sp³-hybridized carbons (Fsp3) is 0.524. The monoisotopic (exact) mass is 1700 g/mol. The maximum Gasteiger partial charge on any atom is 1.00 e. The van der Waals surface area contributed by atoms with Crippen molar-refractivity contribution in [2.24, 2.45) is 32.5 Å². The van der Waals surface area contributed by atoms with Crippen LogP contribution < -0.4 is 167 Å². The van der Waals surface area contributed by atoms with Gasteiger partial charge < -0.3 is 73.1 Å². The average molecular weight is 1700 g/mol. The van der Waals surface area contributed by atoms with Gasteiger partial charge in [-0.1, -0.05) is 94.6 Å². The molecule has 6 aromatic carbocycles. The van der Waals surface area contributed by atoms with Crippen LogP contribution in [0.25, 0.3) is 0 Å². The zero-order chi connectivity index (χ0) is 73.3. The van der Waals surface area contributed by atoms with E-state index in [2.05, 4.69) is 126 Å². The number of phenolic OH excluding ortho intramolecular Hbond substituents is 1. The van der Waals surface area contributed by atoms with E-state index in [-0.39, 0.29) is 166 Å². The number of esters is 2. The summed E-state index contributed by atoms with van der Waals surface area (Å²) in [6.07, 6.45) is 16.6. The second-order valence-corrected chi connectivity index (χ2v) is 31.4. The predicted molar refractivity (Wildman–Crippen MR) is 394 cm³/mol. The van der Waals surface area contributed by atoms with Crippen LogP contribution in [0.5, 0.6) is 34.5 Å². The number of carbonyl (C=O) groups is 4. The molecule has 6 aromatic rings. The molecule has 0 amide bonds. The number of hydrogen-bond donors (Lipinski definition) is 3. The molecule has 6 fully saturated rings. The summed E-state index contributed by atoms with van der Waals surface area (Å²) in [5.74, 6) is 4.70. The van der Waals surface area contributed by atoms with Gasteiger partial charge in [0.15, 0.2) is 0 Å². The molecule has 18 nitrogen and oxygen atoms in total. The van der Waals surface area contributed by atoms with Crippen molar-refractivity contribution >= 4 is 35.7 Å². The molecule has 3 spiro atoms. The number of aliphatic carboxylic acids is 1. The molecule has 6 aliphatic carbocycles. The van der Waals surface area contributed by atoms with Gasteiger partial charge in [0.1, 0.15) is 47.7 Å². The van der Waals surface area contributed by atoms with Crippen molar-refractivity contribution in [1.29, 1.82) is 0 Å². The molecular weight excluding hydrogens is 1590 g/mol. The Morgan fingerprint density at radius 2 is 0.752 bits per heavy atom. The summed E-state index contributed by atoms with van der Waals surface area (Å²) >= 11 is 5.76. The van der Waals surface area contributed by atoms with Crippen LogP contribution in [0.2, 0.25) is 0 Å². The Bertz CT molecular complexity index is 4000. The van der Waals surface area contributed by atoms with E-state index in [0.717, 1.165) is 213 Å². The van der Waals surface area contributed by atoms with Gasteiger partial charge in [-0.3, -0.25) is 14.4 Å². The average Bonchev–Trinajstić information content (AvgIpc) is 1.60. The third-order valence-electron chi connectivity index (χ3n) is 22.7. The largest absolute Gasteiger partial charge is 1.00 e. The van der Waals surface area contributed by atoms with Gasteiger partial charge in [-0.15, -0.1) is 11.6 Å². The van der Waals surface area contributed by atoms with E-state index in [0.29, 0.717) is 42.2 Å². The Hall–Kier alpha value is -3.93. The fourth-order valence-electron chi connectivity index (χ4n) is 17.2. The molecule has 3 N–H and O–H groups in total. The maximum atomic E-state index is 12.1. The molecule has 554 valence electrons. The molecule has 0 aromatic heterocycles. The van der Waals surface area contributed by atoms with Crippen LogP contribution in [-0.2, 0) is 101 Å². The van der Waals surface area contributed by atoms with Gasteiger partial charge in [0.2, 0.25) is 6.16 Å². The minimum atomic E-state index is -2.08. The Morgan fingerprint density at radius 3 is 1.07 bits per heavy atom. The van der Waals surface area contributed by atoms with Crippen molar-refractivity contribution in [2.75, 3.05) is 94.5 Å². The number of carbonyl (C=O) groups excluding carboxylic acids is 2. The van der Waals surface area contributed by atoms with Crippen LogP contribution in [0.15, 0.2) is 109 Å². The van der Waals surface area contributed by atoms with E-state index in [1.165, 1.54) is 64.3 Å². The molecule has 9 aliphatic rings. The van der Waals surface area contributed by atoms with Crippen molar-refractivity contribution in [3.8, 4) is 34.5 Å². The number of nitrogens with zero attached hydrogens (tertiary/aromatic N) is 3. The van der Waals surface area contributed by atoms with Crippen molar-refractivity contribution in [2.45, 2.75) is 155 Å². The van der Waals surface area contributed by atoms with E-state index in [4.69, 9.17) is 59.8 Å². The number of hydrogen-bond acceptors (Lipinski definition) is 16. The number of ether oxygens (including phenoxy) is 7. The molecule has 0 bridgehead atoms. The topological polar surface area (TPSA) is 226 Å². The molecule has 21 heteroatoms. The quantitative estimate of drug-likeness (QED) is 0.0384. The third-order valence-corrected chi connectivity index (χ3v) is 23.0. The zero-order valence-electron chi connectivity index (χ0n) is 63.6. The molecule has 105 heavy (non-hydrogen) atoms. The van der Waals surface area contributed by atoms with E-state index in [1.807, 2.05) is 12.1 Å². The summed E-state index contributed by atoms with van der Waals surface area (Å²) in [6, 6.07) is 37.8. The van der Waals surface area contributed by atoms with E-state index >= 15 is 0 Å². The Morgan fingerprint density at radius 1 is 0.438 bits per heavy atom. The van der Waals surface area contributed by atoms with Gasteiger partial charge in [0, 0.05) is 91.8 Å². The van der Waals surface area contributed by atoms with Gasteiger partial charge in [-0.25, -0.2) is 0 Å². The number of alkyl halides is 1. The van der Waals surface area contributed by atoms with Crippen molar-refractivity contribution in [1.82, 2.24) is 14.7 Å². The van der Waals surface area contributed by atoms with Gasteiger partial charge in [0.05, 0.1) is 57.7 Å². The summed E-state index contributed by atoms with van der Waals surface area (Å²) in [6.45, 7) is 16.2. The molecule has 0 unspecified atom stereocenters. The van der Waals surface area contributed by atoms with Crippen molar-refractivity contribution in [3.63, 3.8) is 0 Å². The number of fused-ring (bicyclic) bond motifs is 3. The Kier molecular flexibility index (Phi) is 30.3. The Balaban J connectivity index is 0.000000165. The van der Waals surface area contributed by atoms with Crippen molar-refractivity contribution < 1.29 is 211 Å². The van der Waals surface area contributed by atoms with Crippen LogP contribution in [0, 0.1) is 32.5 Å². The number of likely N-dealkylation sites (tertiary alicyclic amines) is 3. The van der Waals surface area contributed by atoms with Crippen LogP contribution in [0.3, 0.4) is 0 Å². The van der Waals surface area contributed by atoms with Crippen LogP contribution in [0.4, 0.5) is 4.79 Å². The first-order chi connectivity index (χ1) is 49.5. The van der Waals surface area contributed by atoms with Crippen molar-refractivity contribution in [3.05, 3.63) is 176 Å². The maximum absolute atomic E-state index is 12.1. The Labute approximate surface area is 743 Å². The first-order valence-electron chi connectivity index (χ1n) is 36.8. The predicted octanol–water partition coefficient (Wildman–Crippen LogP) is 7.10. The van der Waals surface area contributed by atoms with Gasteiger partial charge in [-0.05, 0) is 201 Å². The van der Waals surface area contributed by atoms with E-state index in [1.54, 1.807) is 27.4 Å². The standard InChI is InChI=1S/C28H35NO4.C27H33NO4.C17H21NO3.C11H15ClO.CH2O3.2Cs/c1-4-5-20-6-7-22(25(12-20)31-2)16-33-24-9-8-21-14-27(15-23(21)13-24)17-29(18-27)19-28(10-11-28)26(30)32-3;1-3-4-19-5-6-21(24(11-19)31-2)15-32-23-8-7-20-13-26(14-22(20)12-23)16-28(17-26)18-27(9-10-27)25(29)30;1-21-15(20)17(4-5-17)11-18-9-16(10-18)7-12-2-3-14(19)6-13(12)8-16;1-3-4-9-5-6-10(8-12)11(7-9)13-2;2-1(3)4;;/h6-9,12-13H,4-5,10-11,14-19H2,1-3H3;5-8,11-12H,3-4,9-10,13-18H2,1-2H3,(H,29,30);2-3,6,19H,4-5,7-11H2,1H3;5-7H,3-4,8H2,1-2H3;(H2,2,3,4);;/q;;;;;2*+1/p-1. The molecule has 3 saturated heterocycles. The fourth-order valence-corrected chi connectivity index (χ4v) is 17.4. The summed E-state index contributed by atoms with van der Waals surface area (Å²) in [4.78, 5) is 51.0. The first kappa shape index (κ1) is 85.1. The molecule has 3 saturated carbocycles. The number of methoxy groups -OCH3 is 5. The van der Waals surface area contributed by atoms with Gasteiger partial charge >= 0.3 is 156 Å². The number of halogens is 1. The number of carboxylic acid groups (broad SMARTS) is 3. The first-order valence-corrected chi connectivity index (χ1v) is 37.4. The minimum absolute atomic E-state index is 0. The smallest absolute Gasteiger partial charge is 0.565 e. The summed E-state index contributed by atoms with van der Waals surface area (Å²) < 4.78 is 38.7. The number of carboxylic acids is 1. The number of aromatic hydroxyl groups is 1. The molecule has 15 rings (SSSR count). The molecule has 3 aliphatic heterocycles. The molecule has 0 atom stereocenters. The molecule has 0 radical (unpaired) electrons. The number of benzene rings is 6. The summed E-state index contributed by atoms with van der Waals surface area (Å²) in [5, 5.41) is 34.4. The second-order valence-electron chi connectivity index (χ2n) is 31.1. The van der Waals surface area contributed by atoms with Crippen LogP contribution >= 0.6 is 11.6 Å². The molecular formula is C84H105ClCs2N3O15+. The van der Waals surface area contributed by atoms with Gasteiger partial charge in [0.25, 0.3) is 0 Å². The van der Waals surface area contributed by atoms with Crippen LogP contribution in [0.1, 0.15) is 145 Å². The number of rotatable bonds is 25. The third kappa shape index (κ3) is 21.2. The zero-order valence-corrected chi connectivity index (χ0v) is 76.9. The van der Waals surface area contributed by atoms with Gasteiger partial charge in [-0.2, -0.15) is 0 Å². The SMILES string of the molecule is CCCc1ccc(CCl)c(OC)c1.CCCc1ccc(COc2ccc3c(c2)CC2(C3)CN(CC3(C(=O)O)CC3)C2)c(OC)c1.CCCc1ccc(COc2ccc3c(c2)CC2(C3)CN(CC3(C(=O)OC)CC3)C2)c(OC)c1.COC(=O)C1(CN2CC3(Cc4ccc(O)cc4C3)C2)CC1.O=C([O-])O.[Cs+].[Cs+]. The summed E-state index contributed by atoms with van der Waals surface area (Å²) in [7, 11) is 8.11.